The third-order valence-electron chi connectivity index (χ3n) is 1.90. The molecule has 0 atom stereocenters. The summed E-state index contributed by atoms with van der Waals surface area (Å²) in [6, 6.07) is 5.06. The van der Waals surface area contributed by atoms with Gasteiger partial charge >= 0.3 is 0 Å². The zero-order valence-electron chi connectivity index (χ0n) is 8.51. The molecule has 0 radical (unpaired) electrons. The Bertz CT molecular complexity index is 388. The molecule has 4 heteroatoms. The molecule has 0 bridgehead atoms. The number of hydrogen-bond donors (Lipinski definition) is 1. The van der Waals surface area contributed by atoms with E-state index < -0.39 is 0 Å². The molecule has 1 rings (SSSR count). The number of benzene rings is 1. The Hall–Kier alpha value is -1.29. The molecular formula is C11H13NO2S. The molecule has 0 saturated heterocycles. The lowest BCUT2D eigenvalue weighted by Gasteiger charge is -1.97. The Morgan fingerprint density at radius 1 is 1.47 bits per heavy atom. The summed E-state index contributed by atoms with van der Waals surface area (Å²) in [7, 11) is 0. The van der Waals surface area contributed by atoms with Crippen LogP contribution < -0.4 is 0 Å². The summed E-state index contributed by atoms with van der Waals surface area (Å²) in [4.78, 5) is 10.2. The van der Waals surface area contributed by atoms with Gasteiger partial charge in [-0.05, 0) is 30.2 Å². The SMILES string of the molecule is Cc1cc(C=CCCS)cc([N+](=O)[O-])c1. The van der Waals surface area contributed by atoms with Crippen LogP contribution in [0.4, 0.5) is 5.69 Å². The van der Waals surface area contributed by atoms with Gasteiger partial charge in [0.25, 0.3) is 5.69 Å². The fraction of sp³-hybridized carbons (Fsp3) is 0.273. The van der Waals surface area contributed by atoms with Gasteiger partial charge in [0.1, 0.15) is 0 Å². The number of rotatable bonds is 4. The van der Waals surface area contributed by atoms with Crippen LogP contribution >= 0.6 is 12.6 Å². The zero-order chi connectivity index (χ0) is 11.3. The van der Waals surface area contributed by atoms with Crippen LogP contribution in [0.15, 0.2) is 24.3 Å². The molecule has 0 spiro atoms. The molecule has 0 N–H and O–H groups in total. The van der Waals surface area contributed by atoms with E-state index in [1.165, 1.54) is 0 Å². The summed E-state index contributed by atoms with van der Waals surface area (Å²) in [5.74, 6) is 0.782. The number of nitro groups is 1. The normalized spacial score (nSPS) is 10.8. The Balaban J connectivity index is 2.93. The van der Waals surface area contributed by atoms with Crippen LogP contribution in [0.3, 0.4) is 0 Å². The van der Waals surface area contributed by atoms with E-state index in [1.54, 1.807) is 12.1 Å². The van der Waals surface area contributed by atoms with Crippen LogP contribution in [-0.4, -0.2) is 10.7 Å². The molecule has 0 aliphatic heterocycles. The summed E-state index contributed by atoms with van der Waals surface area (Å²) in [5.41, 5.74) is 1.90. The lowest BCUT2D eigenvalue weighted by Crippen LogP contribution is -1.89. The third-order valence-corrected chi connectivity index (χ3v) is 2.16. The van der Waals surface area contributed by atoms with Crippen molar-refractivity contribution in [3.63, 3.8) is 0 Å². The van der Waals surface area contributed by atoms with Gasteiger partial charge in [0.2, 0.25) is 0 Å². The van der Waals surface area contributed by atoms with E-state index in [9.17, 15) is 10.1 Å². The van der Waals surface area contributed by atoms with E-state index in [-0.39, 0.29) is 10.6 Å². The van der Waals surface area contributed by atoms with Gasteiger partial charge in [-0.25, -0.2) is 0 Å². The van der Waals surface area contributed by atoms with Crippen LogP contribution in [0.25, 0.3) is 6.08 Å². The quantitative estimate of drug-likeness (QED) is 0.484. The van der Waals surface area contributed by atoms with Gasteiger partial charge < -0.3 is 0 Å². The fourth-order valence-electron chi connectivity index (χ4n) is 1.29. The monoisotopic (exact) mass is 223 g/mol. The van der Waals surface area contributed by atoms with Crippen molar-refractivity contribution in [3.05, 3.63) is 45.5 Å². The molecule has 0 aromatic heterocycles. The molecule has 0 aliphatic rings. The second-order valence-corrected chi connectivity index (χ2v) is 3.72. The number of nitro benzene ring substituents is 1. The first-order chi connectivity index (χ1) is 7.13. The van der Waals surface area contributed by atoms with E-state index in [0.29, 0.717) is 0 Å². The summed E-state index contributed by atoms with van der Waals surface area (Å²) in [6.07, 6.45) is 4.71. The van der Waals surface area contributed by atoms with Crippen molar-refractivity contribution >= 4 is 24.4 Å². The van der Waals surface area contributed by atoms with Crippen LogP contribution in [-0.2, 0) is 0 Å². The zero-order valence-corrected chi connectivity index (χ0v) is 9.41. The summed E-state index contributed by atoms with van der Waals surface area (Å²) in [5, 5.41) is 10.6. The average molecular weight is 223 g/mol. The first-order valence-corrected chi connectivity index (χ1v) is 5.30. The highest BCUT2D eigenvalue weighted by atomic mass is 32.1. The van der Waals surface area contributed by atoms with E-state index in [1.807, 2.05) is 25.1 Å². The molecule has 0 amide bonds. The van der Waals surface area contributed by atoms with Crippen LogP contribution in [0.1, 0.15) is 17.5 Å². The van der Waals surface area contributed by atoms with E-state index in [0.717, 1.165) is 23.3 Å². The third kappa shape index (κ3) is 3.75. The van der Waals surface area contributed by atoms with Crippen LogP contribution in [0.2, 0.25) is 0 Å². The number of thiol groups is 1. The number of hydrogen-bond acceptors (Lipinski definition) is 3. The first kappa shape index (κ1) is 11.8. The molecule has 0 unspecified atom stereocenters. The second-order valence-electron chi connectivity index (χ2n) is 3.27. The molecule has 15 heavy (non-hydrogen) atoms. The second kappa shape index (κ2) is 5.56. The van der Waals surface area contributed by atoms with Crippen LogP contribution in [0, 0.1) is 17.0 Å². The highest BCUT2D eigenvalue weighted by Crippen LogP contribution is 2.17. The maximum Gasteiger partial charge on any atom is 0.270 e. The first-order valence-electron chi connectivity index (χ1n) is 4.67. The molecule has 3 nitrogen and oxygen atoms in total. The molecule has 1 aromatic carbocycles. The van der Waals surface area contributed by atoms with Crippen molar-refractivity contribution in [1.29, 1.82) is 0 Å². The minimum Gasteiger partial charge on any atom is -0.258 e. The van der Waals surface area contributed by atoms with Crippen molar-refractivity contribution in [3.8, 4) is 0 Å². The standard InChI is InChI=1S/C11H13NO2S/c1-9-6-10(4-2-3-5-15)8-11(7-9)12(13)14/h2,4,6-8,15H,3,5H2,1H3. The Labute approximate surface area is 94.4 Å². The molecular weight excluding hydrogens is 210 g/mol. The number of aryl methyl sites for hydroxylation is 1. The van der Waals surface area contributed by atoms with Gasteiger partial charge in [0.05, 0.1) is 4.92 Å². The van der Waals surface area contributed by atoms with Gasteiger partial charge in [-0.15, -0.1) is 0 Å². The van der Waals surface area contributed by atoms with Crippen molar-refractivity contribution in [1.82, 2.24) is 0 Å². The van der Waals surface area contributed by atoms with E-state index in [4.69, 9.17) is 0 Å². The fourth-order valence-corrected chi connectivity index (χ4v) is 1.44. The number of allylic oxidation sites excluding steroid dienone is 1. The van der Waals surface area contributed by atoms with Crippen molar-refractivity contribution < 1.29 is 4.92 Å². The van der Waals surface area contributed by atoms with Gasteiger partial charge in [-0.3, -0.25) is 10.1 Å². The minimum absolute atomic E-state index is 0.139. The van der Waals surface area contributed by atoms with E-state index >= 15 is 0 Å². The maximum atomic E-state index is 10.6. The topological polar surface area (TPSA) is 43.1 Å². The molecule has 0 heterocycles. The molecule has 0 fully saturated rings. The van der Waals surface area contributed by atoms with Gasteiger partial charge in [0.15, 0.2) is 0 Å². The lowest BCUT2D eigenvalue weighted by molar-refractivity contribution is -0.384. The molecule has 0 saturated carbocycles. The smallest absolute Gasteiger partial charge is 0.258 e. The number of non-ortho nitro benzene ring substituents is 1. The molecule has 0 aliphatic carbocycles. The van der Waals surface area contributed by atoms with Crippen LogP contribution in [0.5, 0.6) is 0 Å². The summed E-state index contributed by atoms with van der Waals surface area (Å²) < 4.78 is 0. The minimum atomic E-state index is -0.372. The van der Waals surface area contributed by atoms with Gasteiger partial charge in [0, 0.05) is 12.1 Å². The maximum absolute atomic E-state index is 10.6. The lowest BCUT2D eigenvalue weighted by atomic mass is 10.1. The Morgan fingerprint density at radius 2 is 2.20 bits per heavy atom. The summed E-state index contributed by atoms with van der Waals surface area (Å²) >= 11 is 4.08. The highest BCUT2D eigenvalue weighted by Gasteiger charge is 2.05. The van der Waals surface area contributed by atoms with E-state index in [2.05, 4.69) is 12.6 Å². The van der Waals surface area contributed by atoms with Crippen molar-refractivity contribution in [2.24, 2.45) is 0 Å². The van der Waals surface area contributed by atoms with Gasteiger partial charge in [-0.1, -0.05) is 18.2 Å². The predicted octanol–water partition coefficient (Wildman–Crippen LogP) is 3.24. The largest absolute Gasteiger partial charge is 0.270 e. The number of nitrogens with zero attached hydrogens (tertiary/aromatic N) is 1. The summed E-state index contributed by atoms with van der Waals surface area (Å²) in [6.45, 7) is 1.85. The van der Waals surface area contributed by atoms with Crippen molar-refractivity contribution in [2.45, 2.75) is 13.3 Å². The van der Waals surface area contributed by atoms with Crippen molar-refractivity contribution in [2.75, 3.05) is 5.75 Å². The molecule has 1 aromatic rings. The predicted molar refractivity (Wildman–Crippen MR) is 65.3 cm³/mol. The molecule has 80 valence electrons. The Morgan fingerprint density at radius 3 is 2.80 bits per heavy atom. The average Bonchev–Trinajstić information content (AvgIpc) is 2.17. The highest BCUT2D eigenvalue weighted by molar-refractivity contribution is 7.80. The Kier molecular flexibility index (Phi) is 4.37. The van der Waals surface area contributed by atoms with Gasteiger partial charge in [-0.2, -0.15) is 12.6 Å².